The van der Waals surface area contributed by atoms with Crippen LogP contribution in [-0.2, 0) is 6.42 Å². The molecular formula is C19H32N4. The summed E-state index contributed by atoms with van der Waals surface area (Å²) in [6.45, 7) is 3.25. The van der Waals surface area contributed by atoms with Gasteiger partial charge in [0.2, 0.25) is 0 Å². The number of aliphatic imine (C=N–C) groups is 1. The van der Waals surface area contributed by atoms with Gasteiger partial charge < -0.3 is 15.1 Å². The Morgan fingerprint density at radius 3 is 2.65 bits per heavy atom. The topological polar surface area (TPSA) is 30.9 Å². The van der Waals surface area contributed by atoms with E-state index in [1.807, 2.05) is 7.05 Å². The van der Waals surface area contributed by atoms with E-state index in [0.29, 0.717) is 0 Å². The molecule has 23 heavy (non-hydrogen) atoms. The predicted octanol–water partition coefficient (Wildman–Crippen LogP) is 3.14. The van der Waals surface area contributed by atoms with E-state index < -0.39 is 0 Å². The summed E-state index contributed by atoms with van der Waals surface area (Å²) in [6, 6.07) is 8.64. The minimum atomic E-state index is 1.01. The lowest BCUT2D eigenvalue weighted by atomic mass is 10.1. The van der Waals surface area contributed by atoms with E-state index in [2.05, 4.69) is 58.5 Å². The van der Waals surface area contributed by atoms with E-state index in [-0.39, 0.29) is 0 Å². The number of fused-ring (bicyclic) bond motifs is 1. The molecule has 0 atom stereocenters. The van der Waals surface area contributed by atoms with Crippen molar-refractivity contribution in [1.29, 1.82) is 0 Å². The highest BCUT2D eigenvalue weighted by Gasteiger charge is 2.21. The van der Waals surface area contributed by atoms with Crippen molar-refractivity contribution in [2.24, 2.45) is 4.99 Å². The van der Waals surface area contributed by atoms with E-state index in [1.54, 1.807) is 0 Å². The van der Waals surface area contributed by atoms with Gasteiger partial charge in [0, 0.05) is 25.8 Å². The lowest BCUT2D eigenvalue weighted by Crippen LogP contribution is -2.40. The predicted molar refractivity (Wildman–Crippen MR) is 100 cm³/mol. The van der Waals surface area contributed by atoms with Crippen molar-refractivity contribution < 1.29 is 0 Å². The zero-order valence-corrected chi connectivity index (χ0v) is 15.0. The first-order chi connectivity index (χ1) is 11.2. The second-order valence-electron chi connectivity index (χ2n) is 6.58. The third-order valence-electron chi connectivity index (χ3n) is 4.42. The van der Waals surface area contributed by atoms with Crippen LogP contribution in [0.4, 0.5) is 5.69 Å². The fourth-order valence-electron chi connectivity index (χ4n) is 3.14. The van der Waals surface area contributed by atoms with Crippen molar-refractivity contribution in [2.45, 2.75) is 38.5 Å². The summed E-state index contributed by atoms with van der Waals surface area (Å²) in [7, 11) is 6.17. The van der Waals surface area contributed by atoms with E-state index >= 15 is 0 Å². The molecule has 0 unspecified atom stereocenters. The van der Waals surface area contributed by atoms with Crippen LogP contribution in [0.15, 0.2) is 29.3 Å². The molecule has 1 aromatic carbocycles. The molecule has 0 amide bonds. The van der Waals surface area contributed by atoms with Crippen LogP contribution in [0.5, 0.6) is 0 Å². The number of nitrogens with zero attached hydrogens (tertiary/aromatic N) is 3. The van der Waals surface area contributed by atoms with Gasteiger partial charge in [0.05, 0.1) is 0 Å². The number of guanidine groups is 1. The van der Waals surface area contributed by atoms with Gasteiger partial charge in [-0.1, -0.05) is 37.5 Å². The van der Waals surface area contributed by atoms with Crippen molar-refractivity contribution in [1.82, 2.24) is 10.2 Å². The Morgan fingerprint density at radius 1 is 1.13 bits per heavy atom. The van der Waals surface area contributed by atoms with Crippen LogP contribution < -0.4 is 10.2 Å². The van der Waals surface area contributed by atoms with Crippen molar-refractivity contribution in [3.05, 3.63) is 29.8 Å². The smallest absolute Gasteiger partial charge is 0.198 e. The maximum absolute atomic E-state index is 4.46. The summed E-state index contributed by atoms with van der Waals surface area (Å²) in [6.07, 6.45) is 7.62. The highest BCUT2D eigenvalue weighted by Crippen LogP contribution is 2.27. The molecule has 1 aliphatic rings. The molecular weight excluding hydrogens is 284 g/mol. The molecule has 0 spiro atoms. The van der Waals surface area contributed by atoms with Crippen molar-refractivity contribution in [3.8, 4) is 0 Å². The van der Waals surface area contributed by atoms with Crippen molar-refractivity contribution in [3.63, 3.8) is 0 Å². The molecule has 4 nitrogen and oxygen atoms in total. The zero-order valence-electron chi connectivity index (χ0n) is 15.0. The van der Waals surface area contributed by atoms with Crippen molar-refractivity contribution >= 4 is 11.6 Å². The molecule has 2 rings (SSSR count). The van der Waals surface area contributed by atoms with Gasteiger partial charge >= 0.3 is 0 Å². The van der Waals surface area contributed by atoms with Gasteiger partial charge in [0.1, 0.15) is 0 Å². The first-order valence-corrected chi connectivity index (χ1v) is 8.93. The summed E-state index contributed by atoms with van der Waals surface area (Å²) >= 11 is 0. The molecule has 0 radical (unpaired) electrons. The van der Waals surface area contributed by atoms with Gasteiger partial charge in [0.25, 0.3) is 0 Å². The lowest BCUT2D eigenvalue weighted by Gasteiger charge is -2.22. The zero-order chi connectivity index (χ0) is 16.5. The third kappa shape index (κ3) is 5.54. The molecule has 0 saturated heterocycles. The summed E-state index contributed by atoms with van der Waals surface area (Å²) in [4.78, 5) is 9.04. The Hall–Kier alpha value is -1.55. The Labute approximate surface area is 141 Å². The molecule has 1 aromatic rings. The highest BCUT2D eigenvalue weighted by atomic mass is 15.3. The Balaban J connectivity index is 1.65. The summed E-state index contributed by atoms with van der Waals surface area (Å²) < 4.78 is 0. The maximum atomic E-state index is 4.46. The minimum absolute atomic E-state index is 1.01. The SMILES string of the molecule is CN=C(NCCCCCCCN(C)C)N1CCc2ccccc21. The molecule has 0 fully saturated rings. The van der Waals surface area contributed by atoms with Gasteiger partial charge in [-0.05, 0) is 51.5 Å². The largest absolute Gasteiger partial charge is 0.356 e. The molecule has 1 heterocycles. The Bertz CT molecular complexity index is 496. The van der Waals surface area contributed by atoms with Crippen LogP contribution >= 0.6 is 0 Å². The van der Waals surface area contributed by atoms with Gasteiger partial charge in [-0.15, -0.1) is 0 Å². The number of para-hydroxylation sites is 1. The molecule has 0 aliphatic carbocycles. The standard InChI is InChI=1S/C19H32N4/c1-20-19(21-14-9-5-4-6-10-15-22(2)3)23-16-13-17-11-7-8-12-18(17)23/h7-8,11-12H,4-6,9-10,13-16H2,1-3H3,(H,20,21). The molecule has 1 aliphatic heterocycles. The second kappa shape index (κ2) is 9.56. The first kappa shape index (κ1) is 17.8. The highest BCUT2D eigenvalue weighted by molar-refractivity contribution is 5.97. The van der Waals surface area contributed by atoms with Crippen LogP contribution in [0.3, 0.4) is 0 Å². The number of rotatable bonds is 8. The number of benzene rings is 1. The molecule has 0 aromatic heterocycles. The molecule has 128 valence electrons. The first-order valence-electron chi connectivity index (χ1n) is 8.93. The fourth-order valence-corrected chi connectivity index (χ4v) is 3.14. The van der Waals surface area contributed by atoms with Crippen molar-refractivity contribution in [2.75, 3.05) is 45.7 Å². The fraction of sp³-hybridized carbons (Fsp3) is 0.632. The second-order valence-corrected chi connectivity index (χ2v) is 6.58. The van der Waals surface area contributed by atoms with Crippen LogP contribution in [0, 0.1) is 0 Å². The normalized spacial score (nSPS) is 14.4. The number of hydrogen-bond acceptors (Lipinski definition) is 2. The molecule has 1 N–H and O–H groups in total. The third-order valence-corrected chi connectivity index (χ3v) is 4.42. The van der Waals surface area contributed by atoms with Gasteiger partial charge in [0.15, 0.2) is 5.96 Å². The van der Waals surface area contributed by atoms with Crippen LogP contribution in [0.1, 0.15) is 37.7 Å². The molecule has 0 bridgehead atoms. The monoisotopic (exact) mass is 316 g/mol. The Morgan fingerprint density at radius 2 is 1.87 bits per heavy atom. The van der Waals surface area contributed by atoms with Crippen LogP contribution in [-0.4, -0.2) is 51.6 Å². The number of anilines is 1. The van der Waals surface area contributed by atoms with Gasteiger partial charge in [-0.3, -0.25) is 4.99 Å². The number of unbranched alkanes of at least 4 members (excludes halogenated alkanes) is 4. The van der Waals surface area contributed by atoms with Crippen LogP contribution in [0.25, 0.3) is 0 Å². The van der Waals surface area contributed by atoms with E-state index in [9.17, 15) is 0 Å². The van der Waals surface area contributed by atoms with Gasteiger partial charge in [-0.25, -0.2) is 0 Å². The summed E-state index contributed by atoms with van der Waals surface area (Å²) in [5.74, 6) is 1.02. The van der Waals surface area contributed by atoms with E-state index in [0.717, 1.165) is 25.5 Å². The summed E-state index contributed by atoms with van der Waals surface area (Å²) in [5, 5.41) is 3.53. The quantitative estimate of drug-likeness (QED) is 0.454. The van der Waals surface area contributed by atoms with Crippen LogP contribution in [0.2, 0.25) is 0 Å². The minimum Gasteiger partial charge on any atom is -0.356 e. The average Bonchev–Trinajstić information content (AvgIpc) is 2.97. The molecule has 4 heteroatoms. The van der Waals surface area contributed by atoms with E-state index in [1.165, 1.54) is 49.9 Å². The maximum Gasteiger partial charge on any atom is 0.198 e. The Kier molecular flexibility index (Phi) is 7.40. The van der Waals surface area contributed by atoms with Gasteiger partial charge in [-0.2, -0.15) is 0 Å². The number of nitrogens with one attached hydrogen (secondary N) is 1. The molecule has 0 saturated carbocycles. The lowest BCUT2D eigenvalue weighted by molar-refractivity contribution is 0.389. The summed E-state index contributed by atoms with van der Waals surface area (Å²) in [5.41, 5.74) is 2.74. The average molecular weight is 316 g/mol. The van der Waals surface area contributed by atoms with E-state index in [4.69, 9.17) is 0 Å². The number of hydrogen-bond donors (Lipinski definition) is 1.